The molecule has 32 heavy (non-hydrogen) atoms. The van der Waals surface area contributed by atoms with E-state index in [4.69, 9.17) is 10.8 Å². The third-order valence-corrected chi connectivity index (χ3v) is 8.10. The van der Waals surface area contributed by atoms with E-state index < -0.39 is 25.9 Å². The minimum atomic E-state index is -3.76. The summed E-state index contributed by atoms with van der Waals surface area (Å²) in [4.78, 5) is 11.3. The number of aliphatic hydroxyl groups is 1. The molecule has 0 saturated carbocycles. The Labute approximate surface area is 186 Å². The van der Waals surface area contributed by atoms with E-state index in [2.05, 4.69) is 15.2 Å². The molecule has 172 valence electrons. The highest BCUT2D eigenvalue weighted by atomic mass is 32.2. The smallest absolute Gasteiger partial charge is 0.332 e. The van der Waals surface area contributed by atoms with Crippen LogP contribution in [0.5, 0.6) is 0 Å². The highest BCUT2D eigenvalue weighted by Crippen LogP contribution is 2.39. The second kappa shape index (κ2) is 9.36. The van der Waals surface area contributed by atoms with Crippen molar-refractivity contribution in [2.24, 2.45) is 10.8 Å². The number of nitrogens with one attached hydrogen (secondary N) is 2. The molecule has 0 atom stereocenters. The lowest BCUT2D eigenvalue weighted by Gasteiger charge is -2.08. The zero-order valence-electron chi connectivity index (χ0n) is 17.3. The maximum absolute atomic E-state index is 12.6. The number of sulfone groups is 1. The van der Waals surface area contributed by atoms with Gasteiger partial charge in [-0.1, -0.05) is 19.1 Å². The number of fused-ring (bicyclic) bond motifs is 3. The molecule has 0 aromatic heterocycles. The van der Waals surface area contributed by atoms with Crippen molar-refractivity contribution in [3.8, 4) is 11.1 Å². The summed E-state index contributed by atoms with van der Waals surface area (Å²) in [7, 11) is -7.42. The van der Waals surface area contributed by atoms with Gasteiger partial charge in [-0.05, 0) is 48.2 Å². The first-order valence-electron chi connectivity index (χ1n) is 9.86. The predicted octanol–water partition coefficient (Wildman–Crippen LogP) is 0.932. The molecule has 0 spiro atoms. The number of hydrogen-bond donors (Lipinski definition) is 4. The summed E-state index contributed by atoms with van der Waals surface area (Å²) in [6, 6.07) is 8.05. The van der Waals surface area contributed by atoms with Crippen molar-refractivity contribution >= 4 is 31.6 Å². The number of rotatable bonds is 9. The topological polar surface area (TPSA) is 168 Å². The van der Waals surface area contributed by atoms with E-state index in [0.717, 1.165) is 0 Å². The molecule has 0 radical (unpaired) electrons. The minimum absolute atomic E-state index is 0.0140. The fourth-order valence-electron chi connectivity index (χ4n) is 3.34. The predicted molar refractivity (Wildman–Crippen MR) is 119 cm³/mol. The van der Waals surface area contributed by atoms with Gasteiger partial charge in [0.1, 0.15) is 0 Å². The summed E-state index contributed by atoms with van der Waals surface area (Å²) in [6.45, 7) is 1.86. The lowest BCUT2D eigenvalue weighted by molar-refractivity contribution is 0.249. The van der Waals surface area contributed by atoms with Gasteiger partial charge in [0, 0.05) is 24.3 Å². The van der Waals surface area contributed by atoms with Crippen molar-refractivity contribution in [2.75, 3.05) is 18.9 Å². The molecule has 0 aliphatic heterocycles. The number of hydrogen-bond acceptors (Lipinski definition) is 7. The molecule has 0 bridgehead atoms. The Hall–Kier alpha value is -2.80. The highest BCUT2D eigenvalue weighted by Gasteiger charge is 2.29. The van der Waals surface area contributed by atoms with Crippen LogP contribution < -0.4 is 15.9 Å². The molecule has 0 heterocycles. The summed E-state index contributed by atoms with van der Waals surface area (Å²) < 4.78 is 52.8. The number of nitrogens with zero attached hydrogens (tertiary/aromatic N) is 1. The van der Waals surface area contributed by atoms with Crippen molar-refractivity contribution in [2.45, 2.75) is 29.6 Å². The molecular formula is C20H24N4O6S2. The van der Waals surface area contributed by atoms with Crippen LogP contribution in [-0.4, -0.2) is 52.6 Å². The van der Waals surface area contributed by atoms with Crippen LogP contribution in [0, 0.1) is 0 Å². The Balaban J connectivity index is 2.14. The van der Waals surface area contributed by atoms with Crippen LogP contribution in [0.4, 0.5) is 4.79 Å². The van der Waals surface area contributed by atoms with Gasteiger partial charge in [-0.2, -0.15) is 5.10 Å². The Morgan fingerprint density at radius 1 is 1.00 bits per heavy atom. The molecule has 0 unspecified atom stereocenters. The summed E-state index contributed by atoms with van der Waals surface area (Å²) in [5.41, 5.74) is 9.56. The summed E-state index contributed by atoms with van der Waals surface area (Å²) in [5.74, 6) is -0.229. The zero-order chi connectivity index (χ0) is 23.5. The highest BCUT2D eigenvalue weighted by molar-refractivity contribution is 7.91. The van der Waals surface area contributed by atoms with Gasteiger partial charge < -0.3 is 10.8 Å². The summed E-state index contributed by atoms with van der Waals surface area (Å²) >= 11 is 0. The molecule has 1 aliphatic carbocycles. The van der Waals surface area contributed by atoms with E-state index in [0.29, 0.717) is 28.7 Å². The third-order valence-electron chi connectivity index (χ3n) is 4.84. The molecule has 1 aliphatic rings. The van der Waals surface area contributed by atoms with E-state index in [1.54, 1.807) is 12.1 Å². The molecule has 3 rings (SSSR count). The Bertz CT molecular complexity index is 1200. The maximum atomic E-state index is 12.6. The Kier molecular flexibility index (Phi) is 6.98. The van der Waals surface area contributed by atoms with Crippen molar-refractivity contribution in [3.05, 3.63) is 47.5 Å². The summed E-state index contributed by atoms with van der Waals surface area (Å²) in [6.07, 6.45) is 0.716. The van der Waals surface area contributed by atoms with Crippen LogP contribution in [0.25, 0.3) is 11.1 Å². The van der Waals surface area contributed by atoms with E-state index in [1.807, 2.05) is 6.92 Å². The Morgan fingerprint density at radius 2 is 1.59 bits per heavy atom. The number of hydrazone groups is 1. The van der Waals surface area contributed by atoms with Crippen molar-refractivity contribution < 1.29 is 26.7 Å². The lowest BCUT2D eigenvalue weighted by Crippen LogP contribution is -2.26. The lowest BCUT2D eigenvalue weighted by atomic mass is 10.1. The average Bonchev–Trinajstić information content (AvgIpc) is 3.07. The van der Waals surface area contributed by atoms with Crippen molar-refractivity contribution in [1.29, 1.82) is 0 Å². The first-order valence-corrected chi connectivity index (χ1v) is 13.0. The van der Waals surface area contributed by atoms with Gasteiger partial charge in [0.2, 0.25) is 10.0 Å². The van der Waals surface area contributed by atoms with Gasteiger partial charge in [-0.15, -0.1) is 0 Å². The minimum Gasteiger partial charge on any atom is -0.396 e. The molecule has 5 N–H and O–H groups in total. The number of benzene rings is 2. The molecule has 0 saturated heterocycles. The van der Waals surface area contributed by atoms with E-state index >= 15 is 0 Å². The first kappa shape index (κ1) is 23.9. The normalized spacial score (nSPS) is 14.2. The van der Waals surface area contributed by atoms with Gasteiger partial charge in [-0.25, -0.2) is 31.8 Å². The standard InChI is InChI=1S/C20H24N4O6S2/c1-2-8-22-32(29,30)14-5-7-16-15-6-4-13(31(27,28)10-3-9-25)11-17(15)19(18(16)12-14)23-24-20(21)26/h4-7,11-12,22,25H,2-3,8-10H2,1H3,(H3,21,24,26)/b23-19+. The number of primary amides is 1. The molecule has 0 fully saturated rings. The van der Waals surface area contributed by atoms with Crippen LogP contribution in [0.1, 0.15) is 30.9 Å². The SMILES string of the molecule is CCCNS(=O)(=O)c1ccc2c(c1)/C(=N/NC(N)=O)c1cc(S(=O)(=O)CCCO)ccc1-2. The average molecular weight is 481 g/mol. The van der Waals surface area contributed by atoms with Gasteiger partial charge in [0.25, 0.3) is 0 Å². The van der Waals surface area contributed by atoms with Crippen molar-refractivity contribution in [1.82, 2.24) is 10.1 Å². The molecule has 10 nitrogen and oxygen atoms in total. The monoisotopic (exact) mass is 480 g/mol. The number of carbonyl (C=O) groups is 1. The Morgan fingerprint density at radius 3 is 2.16 bits per heavy atom. The molecule has 2 aromatic rings. The number of carbonyl (C=O) groups excluding carboxylic acids is 1. The van der Waals surface area contributed by atoms with Crippen LogP contribution in [0.2, 0.25) is 0 Å². The van der Waals surface area contributed by atoms with Crippen LogP contribution in [0.15, 0.2) is 51.3 Å². The molecule has 12 heteroatoms. The van der Waals surface area contributed by atoms with Crippen LogP contribution >= 0.6 is 0 Å². The fourth-order valence-corrected chi connectivity index (χ4v) is 5.81. The zero-order valence-corrected chi connectivity index (χ0v) is 19.0. The van der Waals surface area contributed by atoms with E-state index in [-0.39, 0.29) is 40.8 Å². The fraction of sp³-hybridized carbons (Fsp3) is 0.300. The van der Waals surface area contributed by atoms with Gasteiger partial charge in [0.05, 0.1) is 21.3 Å². The largest absolute Gasteiger partial charge is 0.396 e. The number of nitrogens with two attached hydrogens (primary N) is 1. The second-order valence-corrected chi connectivity index (χ2v) is 11.0. The number of urea groups is 1. The second-order valence-electron chi connectivity index (χ2n) is 7.15. The molecular weight excluding hydrogens is 456 g/mol. The quantitative estimate of drug-likeness (QED) is 0.332. The first-order chi connectivity index (χ1) is 15.1. The van der Waals surface area contributed by atoms with Crippen LogP contribution in [0.3, 0.4) is 0 Å². The maximum Gasteiger partial charge on any atom is 0.332 e. The third kappa shape index (κ3) is 4.83. The van der Waals surface area contributed by atoms with E-state index in [1.165, 1.54) is 24.3 Å². The van der Waals surface area contributed by atoms with E-state index in [9.17, 15) is 21.6 Å². The van der Waals surface area contributed by atoms with Gasteiger partial charge in [0.15, 0.2) is 9.84 Å². The van der Waals surface area contributed by atoms with Crippen molar-refractivity contribution in [3.63, 3.8) is 0 Å². The van der Waals surface area contributed by atoms with Crippen LogP contribution in [-0.2, 0) is 19.9 Å². The number of aliphatic hydroxyl groups excluding tert-OH is 1. The molecule has 2 aromatic carbocycles. The number of sulfonamides is 1. The molecule has 2 amide bonds. The van der Waals surface area contributed by atoms with Gasteiger partial charge in [-0.3, -0.25) is 0 Å². The summed E-state index contributed by atoms with van der Waals surface area (Å²) in [5, 5.41) is 13.0. The number of amides is 2. The van der Waals surface area contributed by atoms with Gasteiger partial charge >= 0.3 is 6.03 Å².